The third kappa shape index (κ3) is 2.85. The van der Waals surface area contributed by atoms with Crippen LogP contribution in [0.4, 0.5) is 5.13 Å². The molecule has 0 saturated carbocycles. The van der Waals surface area contributed by atoms with Gasteiger partial charge in [-0.25, -0.2) is 4.98 Å². The summed E-state index contributed by atoms with van der Waals surface area (Å²) in [7, 11) is 0. The zero-order chi connectivity index (χ0) is 15.6. The number of nitrogens with zero attached hydrogens (tertiary/aromatic N) is 3. The Morgan fingerprint density at radius 1 is 1.52 bits per heavy atom. The van der Waals surface area contributed by atoms with Crippen molar-refractivity contribution in [1.29, 1.82) is 0 Å². The molecule has 0 radical (unpaired) electrons. The Kier molecular flexibility index (Phi) is 3.58. The van der Waals surface area contributed by atoms with Crippen molar-refractivity contribution in [3.05, 3.63) is 41.7 Å². The van der Waals surface area contributed by atoms with Crippen molar-refractivity contribution in [1.82, 2.24) is 20.5 Å². The number of aromatic amines is 1. The lowest BCUT2D eigenvalue weighted by Gasteiger charge is -2.15. The number of carbonyl (C=O) groups excluding carboxylic acids is 1. The number of hydrogen-bond donors (Lipinski definition) is 2. The lowest BCUT2D eigenvalue weighted by molar-refractivity contribution is 0.0935. The number of nitrogens with one attached hydrogen (secondary N) is 2. The molecule has 0 unspecified atom stereocenters. The van der Waals surface area contributed by atoms with Crippen LogP contribution in [0.5, 0.6) is 0 Å². The van der Waals surface area contributed by atoms with E-state index in [0.717, 1.165) is 24.6 Å². The molecule has 4 rings (SSSR count). The van der Waals surface area contributed by atoms with Gasteiger partial charge in [0.25, 0.3) is 5.91 Å². The van der Waals surface area contributed by atoms with Crippen molar-refractivity contribution in [3.63, 3.8) is 0 Å². The minimum atomic E-state index is -0.176. The summed E-state index contributed by atoms with van der Waals surface area (Å²) in [6.07, 6.45) is 4.29. The number of hydrogen-bond acceptors (Lipinski definition) is 6. The number of furan rings is 1. The predicted molar refractivity (Wildman–Crippen MR) is 86.5 cm³/mol. The number of H-pyrrole nitrogens is 1. The molecule has 0 bridgehead atoms. The Morgan fingerprint density at radius 2 is 2.48 bits per heavy atom. The lowest BCUT2D eigenvalue weighted by Crippen LogP contribution is -2.37. The molecule has 23 heavy (non-hydrogen) atoms. The molecule has 1 aliphatic heterocycles. The Labute approximate surface area is 136 Å². The van der Waals surface area contributed by atoms with Crippen LogP contribution < -0.4 is 10.2 Å². The fourth-order valence-corrected chi connectivity index (χ4v) is 3.36. The summed E-state index contributed by atoms with van der Waals surface area (Å²) in [5.41, 5.74) is 1.06. The van der Waals surface area contributed by atoms with Crippen LogP contribution in [-0.4, -0.2) is 40.2 Å². The number of thiazole rings is 1. The van der Waals surface area contributed by atoms with Crippen molar-refractivity contribution >= 4 is 22.4 Å². The van der Waals surface area contributed by atoms with Gasteiger partial charge in [-0.05, 0) is 18.6 Å². The molecular formula is C15H15N5O2S. The van der Waals surface area contributed by atoms with E-state index in [0.29, 0.717) is 17.1 Å². The minimum Gasteiger partial charge on any atom is -0.463 e. The quantitative estimate of drug-likeness (QED) is 0.766. The molecule has 8 heteroatoms. The highest BCUT2D eigenvalue weighted by Crippen LogP contribution is 2.23. The Hall–Kier alpha value is -2.61. The maximum Gasteiger partial charge on any atom is 0.272 e. The van der Waals surface area contributed by atoms with Gasteiger partial charge in [0, 0.05) is 36.8 Å². The van der Waals surface area contributed by atoms with E-state index in [1.54, 1.807) is 35.9 Å². The van der Waals surface area contributed by atoms with E-state index in [9.17, 15) is 4.79 Å². The molecule has 0 aliphatic carbocycles. The number of aromatic nitrogens is 3. The molecule has 1 aliphatic rings. The van der Waals surface area contributed by atoms with Gasteiger partial charge in [-0.3, -0.25) is 9.89 Å². The van der Waals surface area contributed by atoms with Crippen molar-refractivity contribution < 1.29 is 9.21 Å². The molecule has 1 atom stereocenters. The van der Waals surface area contributed by atoms with E-state index in [-0.39, 0.29) is 11.9 Å². The van der Waals surface area contributed by atoms with Crippen LogP contribution in [0, 0.1) is 0 Å². The van der Waals surface area contributed by atoms with Gasteiger partial charge in [-0.15, -0.1) is 11.3 Å². The van der Waals surface area contributed by atoms with E-state index in [4.69, 9.17) is 4.42 Å². The van der Waals surface area contributed by atoms with Gasteiger partial charge in [-0.2, -0.15) is 5.10 Å². The van der Waals surface area contributed by atoms with Crippen LogP contribution in [0.1, 0.15) is 16.9 Å². The summed E-state index contributed by atoms with van der Waals surface area (Å²) in [5, 5.41) is 12.9. The van der Waals surface area contributed by atoms with Gasteiger partial charge in [0.1, 0.15) is 5.69 Å². The first kappa shape index (κ1) is 14.0. The lowest BCUT2D eigenvalue weighted by atomic mass is 10.2. The monoisotopic (exact) mass is 329 g/mol. The van der Waals surface area contributed by atoms with Gasteiger partial charge in [0.15, 0.2) is 16.6 Å². The van der Waals surface area contributed by atoms with Crippen LogP contribution in [-0.2, 0) is 0 Å². The number of anilines is 1. The van der Waals surface area contributed by atoms with Gasteiger partial charge in [-0.1, -0.05) is 0 Å². The van der Waals surface area contributed by atoms with Crippen LogP contribution in [0.3, 0.4) is 0 Å². The second-order valence-electron chi connectivity index (χ2n) is 5.36. The molecule has 3 aromatic heterocycles. The van der Waals surface area contributed by atoms with E-state index in [1.807, 2.05) is 11.4 Å². The summed E-state index contributed by atoms with van der Waals surface area (Å²) in [6.45, 7) is 1.67. The first-order valence-corrected chi connectivity index (χ1v) is 8.22. The number of rotatable bonds is 4. The first-order valence-electron chi connectivity index (χ1n) is 7.34. The SMILES string of the molecule is O=C(N[C@@H]1CCN(c2nccs2)C1)c1cc(-c2ccco2)[nH]n1. The standard InChI is InChI=1S/C15H15N5O2S/c21-14(12-8-11(18-19-12)13-2-1-6-22-13)17-10-3-5-20(9-10)15-16-4-7-23-15/h1-2,4,6-8,10H,3,5,9H2,(H,17,21)(H,18,19)/t10-/m1/s1. The third-order valence-corrected chi connectivity index (χ3v) is 4.64. The van der Waals surface area contributed by atoms with Gasteiger partial charge < -0.3 is 14.6 Å². The molecule has 1 amide bonds. The van der Waals surface area contributed by atoms with Crippen molar-refractivity contribution in [2.24, 2.45) is 0 Å². The molecule has 3 aromatic rings. The smallest absolute Gasteiger partial charge is 0.272 e. The second kappa shape index (κ2) is 5.88. The molecule has 7 nitrogen and oxygen atoms in total. The van der Waals surface area contributed by atoms with Gasteiger partial charge >= 0.3 is 0 Å². The van der Waals surface area contributed by atoms with Crippen molar-refractivity contribution in [3.8, 4) is 11.5 Å². The summed E-state index contributed by atoms with van der Waals surface area (Å²) in [4.78, 5) is 18.8. The fourth-order valence-electron chi connectivity index (χ4n) is 2.68. The topological polar surface area (TPSA) is 87.0 Å². The third-order valence-electron chi connectivity index (χ3n) is 3.81. The van der Waals surface area contributed by atoms with E-state index >= 15 is 0 Å². The Morgan fingerprint density at radius 3 is 3.26 bits per heavy atom. The Bertz CT molecular complexity index is 781. The maximum absolute atomic E-state index is 12.3. The zero-order valence-electron chi connectivity index (χ0n) is 12.2. The second-order valence-corrected chi connectivity index (χ2v) is 6.24. The average Bonchev–Trinajstić information content (AvgIpc) is 3.30. The van der Waals surface area contributed by atoms with E-state index < -0.39 is 0 Å². The molecule has 4 heterocycles. The Balaban J connectivity index is 1.39. The van der Waals surface area contributed by atoms with Gasteiger partial charge in [0.2, 0.25) is 0 Å². The van der Waals surface area contributed by atoms with Crippen LogP contribution >= 0.6 is 11.3 Å². The minimum absolute atomic E-state index is 0.107. The summed E-state index contributed by atoms with van der Waals surface area (Å²) in [6, 6.07) is 5.41. The molecule has 0 spiro atoms. The fraction of sp³-hybridized carbons (Fsp3) is 0.267. The van der Waals surface area contributed by atoms with Gasteiger partial charge in [0.05, 0.1) is 6.26 Å². The van der Waals surface area contributed by atoms with Crippen molar-refractivity contribution in [2.45, 2.75) is 12.5 Å². The highest BCUT2D eigenvalue weighted by atomic mass is 32.1. The highest BCUT2D eigenvalue weighted by molar-refractivity contribution is 7.13. The summed E-state index contributed by atoms with van der Waals surface area (Å²) in [5.74, 6) is 0.484. The predicted octanol–water partition coefficient (Wildman–Crippen LogP) is 2.13. The molecule has 118 valence electrons. The highest BCUT2D eigenvalue weighted by Gasteiger charge is 2.26. The molecule has 1 fully saturated rings. The van der Waals surface area contributed by atoms with Crippen LogP contribution in [0.15, 0.2) is 40.5 Å². The number of carbonyl (C=O) groups is 1. The molecule has 2 N–H and O–H groups in total. The average molecular weight is 329 g/mol. The molecular weight excluding hydrogens is 314 g/mol. The maximum atomic E-state index is 12.3. The largest absolute Gasteiger partial charge is 0.463 e. The zero-order valence-corrected chi connectivity index (χ0v) is 13.0. The van der Waals surface area contributed by atoms with Crippen molar-refractivity contribution in [2.75, 3.05) is 18.0 Å². The summed E-state index contributed by atoms with van der Waals surface area (Å²) < 4.78 is 5.29. The van der Waals surface area contributed by atoms with Crippen LogP contribution in [0.2, 0.25) is 0 Å². The van der Waals surface area contributed by atoms with Crippen LogP contribution in [0.25, 0.3) is 11.5 Å². The number of amides is 1. The first-order chi connectivity index (χ1) is 11.3. The van der Waals surface area contributed by atoms with E-state index in [1.165, 1.54) is 0 Å². The molecule has 0 aromatic carbocycles. The normalized spacial score (nSPS) is 17.6. The summed E-state index contributed by atoms with van der Waals surface area (Å²) >= 11 is 1.61. The molecule has 1 saturated heterocycles. The van der Waals surface area contributed by atoms with E-state index in [2.05, 4.69) is 25.4 Å².